The van der Waals surface area contributed by atoms with Crippen LogP contribution in [0.2, 0.25) is 0 Å². The summed E-state index contributed by atoms with van der Waals surface area (Å²) in [4.78, 5) is 2.22. The normalized spacial score (nSPS) is 10.3. The van der Waals surface area contributed by atoms with Gasteiger partial charge < -0.3 is 14.6 Å². The first-order valence-electron chi connectivity index (χ1n) is 6.37. The van der Waals surface area contributed by atoms with Crippen LogP contribution in [0.3, 0.4) is 0 Å². The molecule has 0 bridgehead atoms. The van der Waals surface area contributed by atoms with Crippen LogP contribution >= 0.6 is 11.8 Å². The summed E-state index contributed by atoms with van der Waals surface area (Å²) >= 11 is 1.66. The number of rotatable bonds is 6. The molecule has 0 saturated heterocycles. The standard InChI is InChI=1S/C16H18O3S/c1-18-14-10-12(8-9-17)16(11-15(14)19-2)20-13-6-4-3-5-7-13/h3-7,10-11,17H,8-9H2,1-2H3. The van der Waals surface area contributed by atoms with Crippen LogP contribution in [0, 0.1) is 0 Å². The van der Waals surface area contributed by atoms with Gasteiger partial charge in [0.2, 0.25) is 0 Å². The minimum Gasteiger partial charge on any atom is -0.493 e. The van der Waals surface area contributed by atoms with E-state index < -0.39 is 0 Å². The minimum atomic E-state index is 0.109. The van der Waals surface area contributed by atoms with Crippen molar-refractivity contribution < 1.29 is 14.6 Å². The van der Waals surface area contributed by atoms with Crippen molar-refractivity contribution in [3.63, 3.8) is 0 Å². The summed E-state index contributed by atoms with van der Waals surface area (Å²) in [6.45, 7) is 0.109. The molecular formula is C16H18O3S. The Hall–Kier alpha value is -1.65. The van der Waals surface area contributed by atoms with E-state index in [2.05, 4.69) is 12.1 Å². The molecule has 0 atom stereocenters. The molecule has 0 aliphatic heterocycles. The maximum absolute atomic E-state index is 9.22. The van der Waals surface area contributed by atoms with Gasteiger partial charge in [0.1, 0.15) is 0 Å². The molecular weight excluding hydrogens is 272 g/mol. The fourth-order valence-electron chi connectivity index (χ4n) is 1.93. The lowest BCUT2D eigenvalue weighted by Crippen LogP contribution is -1.97. The maximum atomic E-state index is 9.22. The average Bonchev–Trinajstić information content (AvgIpc) is 2.49. The summed E-state index contributed by atoms with van der Waals surface area (Å²) in [5, 5.41) is 9.22. The number of aliphatic hydroxyl groups is 1. The summed E-state index contributed by atoms with van der Waals surface area (Å²) in [7, 11) is 3.24. The quantitative estimate of drug-likeness (QED) is 0.885. The molecule has 0 aromatic heterocycles. The zero-order chi connectivity index (χ0) is 14.4. The number of benzene rings is 2. The van der Waals surface area contributed by atoms with E-state index in [9.17, 15) is 5.11 Å². The Morgan fingerprint density at radius 2 is 1.65 bits per heavy atom. The average molecular weight is 290 g/mol. The number of aliphatic hydroxyl groups excluding tert-OH is 1. The van der Waals surface area contributed by atoms with Crippen LogP contribution in [0.15, 0.2) is 52.3 Å². The van der Waals surface area contributed by atoms with E-state index >= 15 is 0 Å². The van der Waals surface area contributed by atoms with Crippen LogP contribution in [-0.2, 0) is 6.42 Å². The van der Waals surface area contributed by atoms with Gasteiger partial charge in [-0.25, -0.2) is 0 Å². The Bertz CT molecular complexity index is 555. The lowest BCUT2D eigenvalue weighted by atomic mass is 10.1. The van der Waals surface area contributed by atoms with Crippen molar-refractivity contribution in [2.75, 3.05) is 20.8 Å². The fraction of sp³-hybridized carbons (Fsp3) is 0.250. The van der Waals surface area contributed by atoms with Gasteiger partial charge in [-0.1, -0.05) is 30.0 Å². The van der Waals surface area contributed by atoms with Gasteiger partial charge in [0.15, 0.2) is 11.5 Å². The van der Waals surface area contributed by atoms with Crippen LogP contribution < -0.4 is 9.47 Å². The second-order valence-electron chi connectivity index (χ2n) is 4.20. The maximum Gasteiger partial charge on any atom is 0.161 e. The smallest absolute Gasteiger partial charge is 0.161 e. The van der Waals surface area contributed by atoms with E-state index in [4.69, 9.17) is 9.47 Å². The van der Waals surface area contributed by atoms with Gasteiger partial charge in [-0.05, 0) is 36.2 Å². The van der Waals surface area contributed by atoms with E-state index in [1.165, 1.54) is 0 Å². The number of methoxy groups -OCH3 is 2. The number of hydrogen-bond donors (Lipinski definition) is 1. The van der Waals surface area contributed by atoms with Crippen molar-refractivity contribution in [3.05, 3.63) is 48.0 Å². The molecule has 0 aliphatic rings. The van der Waals surface area contributed by atoms with Gasteiger partial charge in [-0.3, -0.25) is 0 Å². The molecule has 0 heterocycles. The predicted octanol–water partition coefficient (Wildman–Crippen LogP) is 3.39. The second-order valence-corrected chi connectivity index (χ2v) is 5.32. The van der Waals surface area contributed by atoms with Crippen LogP contribution in [0.25, 0.3) is 0 Å². The molecule has 2 aromatic rings. The van der Waals surface area contributed by atoms with Crippen LogP contribution in [0.1, 0.15) is 5.56 Å². The molecule has 0 spiro atoms. The zero-order valence-corrected chi connectivity index (χ0v) is 12.4. The van der Waals surface area contributed by atoms with Crippen molar-refractivity contribution in [2.24, 2.45) is 0 Å². The van der Waals surface area contributed by atoms with E-state index in [0.29, 0.717) is 17.9 Å². The lowest BCUT2D eigenvalue weighted by molar-refractivity contribution is 0.298. The second kappa shape index (κ2) is 7.22. The summed E-state index contributed by atoms with van der Waals surface area (Å²) in [6.07, 6.45) is 0.593. The highest BCUT2D eigenvalue weighted by atomic mass is 32.2. The molecule has 0 radical (unpaired) electrons. The van der Waals surface area contributed by atoms with Gasteiger partial charge >= 0.3 is 0 Å². The van der Waals surface area contributed by atoms with Crippen LogP contribution in [0.4, 0.5) is 0 Å². The molecule has 3 nitrogen and oxygen atoms in total. The minimum absolute atomic E-state index is 0.109. The largest absolute Gasteiger partial charge is 0.493 e. The highest BCUT2D eigenvalue weighted by Crippen LogP contribution is 2.38. The monoisotopic (exact) mass is 290 g/mol. The first kappa shape index (κ1) is 14.8. The Kier molecular flexibility index (Phi) is 5.32. The van der Waals surface area contributed by atoms with Gasteiger partial charge in [-0.2, -0.15) is 0 Å². The van der Waals surface area contributed by atoms with Gasteiger partial charge in [0, 0.05) is 16.4 Å². The Balaban J connectivity index is 2.38. The summed E-state index contributed by atoms with van der Waals surface area (Å²) < 4.78 is 10.7. The predicted molar refractivity (Wildman–Crippen MR) is 80.9 cm³/mol. The van der Waals surface area contributed by atoms with Crippen LogP contribution in [-0.4, -0.2) is 25.9 Å². The number of hydrogen-bond acceptors (Lipinski definition) is 4. The molecule has 2 aromatic carbocycles. The molecule has 0 unspecified atom stereocenters. The van der Waals surface area contributed by atoms with Crippen molar-refractivity contribution in [1.29, 1.82) is 0 Å². The van der Waals surface area contributed by atoms with Gasteiger partial charge in [0.25, 0.3) is 0 Å². The van der Waals surface area contributed by atoms with E-state index in [1.807, 2.05) is 30.3 Å². The van der Waals surface area contributed by atoms with Crippen molar-refractivity contribution in [3.8, 4) is 11.5 Å². The molecule has 106 valence electrons. The molecule has 0 fully saturated rings. The zero-order valence-electron chi connectivity index (χ0n) is 11.6. The Morgan fingerprint density at radius 3 is 2.25 bits per heavy atom. The first-order chi connectivity index (χ1) is 9.78. The van der Waals surface area contributed by atoms with E-state index in [1.54, 1.807) is 26.0 Å². The van der Waals surface area contributed by atoms with E-state index in [0.717, 1.165) is 15.4 Å². The van der Waals surface area contributed by atoms with Gasteiger partial charge in [-0.15, -0.1) is 0 Å². The molecule has 0 aliphatic carbocycles. The summed E-state index contributed by atoms with van der Waals surface area (Å²) in [5.41, 5.74) is 1.05. The fourth-order valence-corrected chi connectivity index (χ4v) is 2.93. The summed E-state index contributed by atoms with van der Waals surface area (Å²) in [5.74, 6) is 1.39. The summed E-state index contributed by atoms with van der Waals surface area (Å²) in [6, 6.07) is 14.0. The Labute approximate surface area is 123 Å². The first-order valence-corrected chi connectivity index (χ1v) is 7.18. The molecule has 0 saturated carbocycles. The van der Waals surface area contributed by atoms with E-state index in [-0.39, 0.29) is 6.61 Å². The third-order valence-electron chi connectivity index (χ3n) is 2.92. The molecule has 1 N–H and O–H groups in total. The Morgan fingerprint density at radius 1 is 1.00 bits per heavy atom. The highest BCUT2D eigenvalue weighted by molar-refractivity contribution is 7.99. The van der Waals surface area contributed by atoms with Gasteiger partial charge in [0.05, 0.1) is 14.2 Å². The topological polar surface area (TPSA) is 38.7 Å². The third kappa shape index (κ3) is 3.46. The molecule has 2 rings (SSSR count). The highest BCUT2D eigenvalue weighted by Gasteiger charge is 2.12. The van der Waals surface area contributed by atoms with Crippen LogP contribution in [0.5, 0.6) is 11.5 Å². The molecule has 4 heteroatoms. The van der Waals surface area contributed by atoms with Crippen molar-refractivity contribution in [1.82, 2.24) is 0 Å². The molecule has 20 heavy (non-hydrogen) atoms. The SMILES string of the molecule is COc1cc(CCO)c(Sc2ccccc2)cc1OC. The third-order valence-corrected chi connectivity index (χ3v) is 4.03. The lowest BCUT2D eigenvalue weighted by Gasteiger charge is -2.14. The molecule has 0 amide bonds. The van der Waals surface area contributed by atoms with Crippen molar-refractivity contribution >= 4 is 11.8 Å². The number of ether oxygens (including phenoxy) is 2. The van der Waals surface area contributed by atoms with Crippen molar-refractivity contribution in [2.45, 2.75) is 16.2 Å².